The van der Waals surface area contributed by atoms with Crippen molar-refractivity contribution in [1.29, 1.82) is 0 Å². The highest BCUT2D eigenvalue weighted by Crippen LogP contribution is 2.09. The molecule has 0 aromatic heterocycles. The van der Waals surface area contributed by atoms with Crippen LogP contribution >= 0.6 is 22.6 Å². The van der Waals surface area contributed by atoms with Crippen molar-refractivity contribution in [2.45, 2.75) is 16.8 Å². The molecule has 2 heteroatoms. The average molecular weight is 211 g/mol. The fourth-order valence-electron chi connectivity index (χ4n) is 0.809. The van der Waals surface area contributed by atoms with Crippen molar-refractivity contribution in [1.82, 2.24) is 5.32 Å². The zero-order valence-electron chi connectivity index (χ0n) is 4.28. The monoisotopic (exact) mass is 211 g/mol. The Bertz CT molecular complexity index is 50.0. The first-order valence-corrected chi connectivity index (χ1v) is 3.99. The van der Waals surface area contributed by atoms with Crippen LogP contribution < -0.4 is 5.32 Å². The van der Waals surface area contributed by atoms with Crippen LogP contribution in [0, 0.1) is 0 Å². The summed E-state index contributed by atoms with van der Waals surface area (Å²) in [7, 11) is 0. The molecule has 0 unspecified atom stereocenters. The van der Waals surface area contributed by atoms with Crippen LogP contribution in [0.1, 0.15) is 12.8 Å². The van der Waals surface area contributed by atoms with E-state index >= 15 is 0 Å². The van der Waals surface area contributed by atoms with E-state index in [1.807, 2.05) is 0 Å². The van der Waals surface area contributed by atoms with Crippen LogP contribution in [-0.4, -0.2) is 17.0 Å². The van der Waals surface area contributed by atoms with Crippen molar-refractivity contribution in [3.63, 3.8) is 0 Å². The second-order valence-electron chi connectivity index (χ2n) is 1.94. The van der Waals surface area contributed by atoms with Gasteiger partial charge in [0.05, 0.1) is 0 Å². The van der Waals surface area contributed by atoms with E-state index in [1.54, 1.807) is 0 Å². The van der Waals surface area contributed by atoms with E-state index in [4.69, 9.17) is 0 Å². The number of nitrogens with one attached hydrogen (secondary N) is 1. The summed E-state index contributed by atoms with van der Waals surface area (Å²) >= 11 is 2.49. The molecule has 1 aliphatic rings. The molecule has 0 amide bonds. The quantitative estimate of drug-likeness (QED) is 0.468. The van der Waals surface area contributed by atoms with E-state index in [2.05, 4.69) is 27.9 Å². The molecule has 1 N–H and O–H groups in total. The molecule has 7 heavy (non-hydrogen) atoms. The van der Waals surface area contributed by atoms with Crippen LogP contribution in [0.4, 0.5) is 0 Å². The molecule has 0 radical (unpaired) electrons. The summed E-state index contributed by atoms with van der Waals surface area (Å²) in [6.45, 7) is 2.46. The van der Waals surface area contributed by atoms with Crippen LogP contribution in [0.2, 0.25) is 0 Å². The highest BCUT2D eigenvalue weighted by Gasteiger charge is 2.06. The van der Waals surface area contributed by atoms with E-state index in [-0.39, 0.29) is 0 Å². The minimum Gasteiger partial charge on any atom is -0.316 e. The maximum absolute atomic E-state index is 3.33. The molecule has 1 heterocycles. The molecule has 1 rings (SSSR count). The minimum atomic E-state index is 0.895. The Balaban J connectivity index is 2.12. The van der Waals surface area contributed by atoms with Crippen molar-refractivity contribution >= 4 is 22.6 Å². The third-order valence-electron chi connectivity index (χ3n) is 1.24. The number of hydrogen-bond donors (Lipinski definition) is 1. The number of rotatable bonds is 0. The molecule has 1 aliphatic heterocycles. The Morgan fingerprint density at radius 3 is 2.71 bits per heavy atom. The van der Waals surface area contributed by atoms with Crippen LogP contribution in [0.25, 0.3) is 0 Å². The first-order chi connectivity index (χ1) is 3.39. The lowest BCUT2D eigenvalue weighted by atomic mass is 10.2. The largest absolute Gasteiger partial charge is 0.316 e. The fourth-order valence-corrected chi connectivity index (χ4v) is 1.56. The molecule has 0 spiro atoms. The zero-order valence-corrected chi connectivity index (χ0v) is 6.44. The second-order valence-corrected chi connectivity index (χ2v) is 3.71. The van der Waals surface area contributed by atoms with Crippen LogP contribution in [0.15, 0.2) is 0 Å². The van der Waals surface area contributed by atoms with Crippen molar-refractivity contribution in [2.24, 2.45) is 0 Å². The Morgan fingerprint density at radius 2 is 2.43 bits per heavy atom. The average Bonchev–Trinajstić information content (AvgIpc) is 1.69. The summed E-state index contributed by atoms with van der Waals surface area (Å²) in [4.78, 5) is 0. The van der Waals surface area contributed by atoms with Gasteiger partial charge in [0.15, 0.2) is 0 Å². The van der Waals surface area contributed by atoms with Gasteiger partial charge in [-0.1, -0.05) is 22.6 Å². The third-order valence-corrected chi connectivity index (χ3v) is 2.30. The van der Waals surface area contributed by atoms with Gasteiger partial charge < -0.3 is 5.32 Å². The Kier molecular flexibility index (Phi) is 2.38. The van der Waals surface area contributed by atoms with E-state index in [0.717, 1.165) is 3.92 Å². The number of hydrogen-bond acceptors (Lipinski definition) is 1. The molecule has 1 nitrogen and oxygen atoms in total. The zero-order chi connectivity index (χ0) is 5.11. The van der Waals surface area contributed by atoms with Crippen molar-refractivity contribution in [3.05, 3.63) is 0 Å². The van der Waals surface area contributed by atoms with Gasteiger partial charge in [-0.25, -0.2) is 0 Å². The van der Waals surface area contributed by atoms with Crippen molar-refractivity contribution in [2.75, 3.05) is 13.1 Å². The van der Waals surface area contributed by atoms with Gasteiger partial charge >= 0.3 is 0 Å². The lowest BCUT2D eigenvalue weighted by molar-refractivity contribution is 0.543. The lowest BCUT2D eigenvalue weighted by Crippen LogP contribution is -2.29. The van der Waals surface area contributed by atoms with Gasteiger partial charge in [-0.2, -0.15) is 0 Å². The molecule has 0 aliphatic carbocycles. The standard InChI is InChI=1S/C5H10IN/c6-5-2-1-3-7-4-5/h5,7H,1-4H2/t5-/m1/s1. The molecular weight excluding hydrogens is 201 g/mol. The summed E-state index contributed by atoms with van der Waals surface area (Å²) in [5.74, 6) is 0. The number of halogens is 1. The topological polar surface area (TPSA) is 12.0 Å². The summed E-state index contributed by atoms with van der Waals surface area (Å²) in [6, 6.07) is 0. The fraction of sp³-hybridized carbons (Fsp3) is 1.00. The van der Waals surface area contributed by atoms with E-state index in [0.29, 0.717) is 0 Å². The SMILES string of the molecule is I[C@@H]1CCCNC1. The smallest absolute Gasteiger partial charge is 0.0235 e. The summed E-state index contributed by atoms with van der Waals surface area (Å²) < 4.78 is 0.895. The Labute approximate surface area is 58.0 Å². The molecular formula is C5H10IN. The van der Waals surface area contributed by atoms with Crippen molar-refractivity contribution < 1.29 is 0 Å². The highest BCUT2D eigenvalue weighted by atomic mass is 127. The predicted octanol–water partition coefficient (Wildman–Crippen LogP) is 1.17. The molecule has 0 aromatic carbocycles. The molecule has 1 atom stereocenters. The Morgan fingerprint density at radius 1 is 1.57 bits per heavy atom. The molecule has 0 aromatic rings. The maximum Gasteiger partial charge on any atom is 0.0235 e. The molecule has 1 fully saturated rings. The van der Waals surface area contributed by atoms with Gasteiger partial charge in [0, 0.05) is 10.5 Å². The van der Waals surface area contributed by atoms with Gasteiger partial charge in [0.1, 0.15) is 0 Å². The number of piperidine rings is 1. The third kappa shape index (κ3) is 1.95. The normalized spacial score (nSPS) is 33.0. The van der Waals surface area contributed by atoms with Crippen LogP contribution in [-0.2, 0) is 0 Å². The van der Waals surface area contributed by atoms with Gasteiger partial charge in [-0.15, -0.1) is 0 Å². The van der Waals surface area contributed by atoms with E-state index in [9.17, 15) is 0 Å². The first-order valence-electron chi connectivity index (χ1n) is 2.74. The molecule has 0 saturated carbocycles. The minimum absolute atomic E-state index is 0.895. The van der Waals surface area contributed by atoms with Gasteiger partial charge in [-0.05, 0) is 19.4 Å². The maximum atomic E-state index is 3.33. The highest BCUT2D eigenvalue weighted by molar-refractivity contribution is 14.1. The predicted molar refractivity (Wildman–Crippen MR) is 39.9 cm³/mol. The molecule has 0 bridgehead atoms. The summed E-state index contributed by atoms with van der Waals surface area (Å²) in [5, 5.41) is 3.33. The number of alkyl halides is 1. The van der Waals surface area contributed by atoms with Gasteiger partial charge in [0.25, 0.3) is 0 Å². The summed E-state index contributed by atoms with van der Waals surface area (Å²) in [6.07, 6.45) is 2.78. The first kappa shape index (κ1) is 5.82. The second kappa shape index (κ2) is 2.87. The molecule has 1 saturated heterocycles. The van der Waals surface area contributed by atoms with E-state index < -0.39 is 0 Å². The molecule has 42 valence electrons. The Hall–Kier alpha value is 0.690. The van der Waals surface area contributed by atoms with Gasteiger partial charge in [-0.3, -0.25) is 0 Å². The van der Waals surface area contributed by atoms with Crippen LogP contribution in [0.3, 0.4) is 0 Å². The van der Waals surface area contributed by atoms with E-state index in [1.165, 1.54) is 25.9 Å². The van der Waals surface area contributed by atoms with Gasteiger partial charge in [0.2, 0.25) is 0 Å². The van der Waals surface area contributed by atoms with Crippen LogP contribution in [0.5, 0.6) is 0 Å². The lowest BCUT2D eigenvalue weighted by Gasteiger charge is -2.16. The summed E-state index contributed by atoms with van der Waals surface area (Å²) in [5.41, 5.74) is 0. The van der Waals surface area contributed by atoms with Crippen molar-refractivity contribution in [3.8, 4) is 0 Å².